The lowest BCUT2D eigenvalue weighted by Gasteiger charge is -2.26. The molecule has 0 saturated heterocycles. The fourth-order valence-electron chi connectivity index (χ4n) is 4.06. The van der Waals surface area contributed by atoms with Crippen LogP contribution in [0.5, 0.6) is 0 Å². The van der Waals surface area contributed by atoms with Crippen LogP contribution in [0.4, 0.5) is 17.1 Å². The van der Waals surface area contributed by atoms with Crippen LogP contribution in [0.2, 0.25) is 0 Å². The first kappa shape index (κ1) is 21.1. The van der Waals surface area contributed by atoms with Crippen molar-refractivity contribution in [3.8, 4) is 22.3 Å². The highest BCUT2D eigenvalue weighted by Crippen LogP contribution is 2.36. The monoisotopic (exact) mass is 443 g/mol. The molecule has 0 aliphatic carbocycles. The summed E-state index contributed by atoms with van der Waals surface area (Å²) >= 11 is 4.41. The molecule has 0 saturated carbocycles. The molecule has 0 amide bonds. The van der Waals surface area contributed by atoms with Gasteiger partial charge in [-0.15, -0.1) is 0 Å². The fraction of sp³-hybridized carbons (Fsp3) is 0.0323. The number of nitrogens with zero attached hydrogens (tertiary/aromatic N) is 1. The Labute approximate surface area is 201 Å². The van der Waals surface area contributed by atoms with Gasteiger partial charge in [-0.3, -0.25) is 0 Å². The molecule has 0 aromatic heterocycles. The second-order valence-electron chi connectivity index (χ2n) is 7.99. The first-order chi connectivity index (χ1) is 16.3. The number of hydrogen-bond donors (Lipinski definition) is 1. The van der Waals surface area contributed by atoms with Crippen LogP contribution in [0.1, 0.15) is 5.56 Å². The van der Waals surface area contributed by atoms with Crippen molar-refractivity contribution in [2.45, 2.75) is 5.75 Å². The largest absolute Gasteiger partial charge is 0.311 e. The summed E-state index contributed by atoms with van der Waals surface area (Å²) in [6.07, 6.45) is 0. The molecule has 160 valence electrons. The maximum Gasteiger partial charge on any atom is 0.0462 e. The van der Waals surface area contributed by atoms with Gasteiger partial charge in [0.15, 0.2) is 0 Å². The lowest BCUT2D eigenvalue weighted by Crippen LogP contribution is -2.09. The van der Waals surface area contributed by atoms with E-state index in [4.69, 9.17) is 0 Å². The van der Waals surface area contributed by atoms with E-state index in [1.165, 1.54) is 27.8 Å². The van der Waals surface area contributed by atoms with Crippen molar-refractivity contribution < 1.29 is 0 Å². The first-order valence-electron chi connectivity index (χ1n) is 11.1. The van der Waals surface area contributed by atoms with Crippen LogP contribution in [0.3, 0.4) is 0 Å². The van der Waals surface area contributed by atoms with E-state index in [9.17, 15) is 0 Å². The minimum absolute atomic E-state index is 0.734. The molecule has 0 aliphatic heterocycles. The van der Waals surface area contributed by atoms with Gasteiger partial charge in [0.05, 0.1) is 0 Å². The number of hydrogen-bond acceptors (Lipinski definition) is 2. The van der Waals surface area contributed by atoms with Gasteiger partial charge in [-0.1, -0.05) is 97.1 Å². The highest BCUT2D eigenvalue weighted by atomic mass is 32.1. The average molecular weight is 444 g/mol. The summed E-state index contributed by atoms with van der Waals surface area (Å²) in [5.41, 5.74) is 9.46. The minimum Gasteiger partial charge on any atom is -0.311 e. The predicted octanol–water partition coefficient (Wildman–Crippen LogP) is 8.92. The topological polar surface area (TPSA) is 3.24 Å². The highest BCUT2D eigenvalue weighted by molar-refractivity contribution is 7.79. The Bertz CT molecular complexity index is 1210. The number of thiol groups is 1. The molecule has 0 N–H and O–H groups in total. The standard InChI is InChI=1S/C31H25NS/c33-23-24-11-17-29(18-12-24)32(30-19-13-27(14-20-30)25-7-3-1-4-8-25)31-21-15-28(16-22-31)26-9-5-2-6-10-26/h1-22,33H,23H2. The van der Waals surface area contributed by atoms with Gasteiger partial charge in [0.2, 0.25) is 0 Å². The minimum atomic E-state index is 0.734. The van der Waals surface area contributed by atoms with Crippen LogP contribution in [-0.2, 0) is 5.75 Å². The Balaban J connectivity index is 1.53. The van der Waals surface area contributed by atoms with Gasteiger partial charge < -0.3 is 4.90 Å². The zero-order valence-corrected chi connectivity index (χ0v) is 19.2. The molecule has 0 fully saturated rings. The molecule has 5 aromatic carbocycles. The normalized spacial score (nSPS) is 10.7. The highest BCUT2D eigenvalue weighted by Gasteiger charge is 2.13. The van der Waals surface area contributed by atoms with E-state index in [1.807, 2.05) is 12.1 Å². The van der Waals surface area contributed by atoms with Crippen molar-refractivity contribution in [3.63, 3.8) is 0 Å². The van der Waals surface area contributed by atoms with Gasteiger partial charge in [-0.25, -0.2) is 0 Å². The molecule has 0 bridgehead atoms. The molecular weight excluding hydrogens is 418 g/mol. The molecule has 0 unspecified atom stereocenters. The molecule has 0 heterocycles. The van der Waals surface area contributed by atoms with Crippen LogP contribution in [0.25, 0.3) is 22.3 Å². The van der Waals surface area contributed by atoms with Crippen LogP contribution in [-0.4, -0.2) is 0 Å². The van der Waals surface area contributed by atoms with E-state index in [1.54, 1.807) is 0 Å². The van der Waals surface area contributed by atoms with Crippen molar-refractivity contribution in [1.29, 1.82) is 0 Å². The smallest absolute Gasteiger partial charge is 0.0462 e. The third kappa shape index (κ3) is 4.72. The van der Waals surface area contributed by atoms with Crippen LogP contribution in [0, 0.1) is 0 Å². The Morgan fingerprint density at radius 1 is 0.394 bits per heavy atom. The van der Waals surface area contributed by atoms with Gasteiger partial charge in [0, 0.05) is 22.8 Å². The summed E-state index contributed by atoms with van der Waals surface area (Å²) in [4.78, 5) is 2.30. The molecule has 5 aromatic rings. The summed E-state index contributed by atoms with van der Waals surface area (Å²) in [6.45, 7) is 0. The van der Waals surface area contributed by atoms with E-state index >= 15 is 0 Å². The van der Waals surface area contributed by atoms with Crippen LogP contribution >= 0.6 is 12.6 Å². The van der Waals surface area contributed by atoms with Crippen molar-refractivity contribution in [2.75, 3.05) is 4.90 Å². The van der Waals surface area contributed by atoms with Gasteiger partial charge in [-0.2, -0.15) is 12.6 Å². The van der Waals surface area contributed by atoms with Gasteiger partial charge in [0.25, 0.3) is 0 Å². The molecular formula is C31H25NS. The van der Waals surface area contributed by atoms with Crippen molar-refractivity contribution in [2.24, 2.45) is 0 Å². The zero-order valence-electron chi connectivity index (χ0n) is 18.3. The molecule has 5 rings (SSSR count). The summed E-state index contributed by atoms with van der Waals surface area (Å²) in [5, 5.41) is 0. The third-order valence-corrected chi connectivity index (χ3v) is 6.21. The van der Waals surface area contributed by atoms with E-state index < -0.39 is 0 Å². The quantitative estimate of drug-likeness (QED) is 0.256. The van der Waals surface area contributed by atoms with Crippen molar-refractivity contribution >= 4 is 29.7 Å². The molecule has 0 aliphatic rings. The summed E-state index contributed by atoms with van der Waals surface area (Å²) < 4.78 is 0. The average Bonchev–Trinajstić information content (AvgIpc) is 2.91. The Kier molecular flexibility index (Phi) is 6.27. The van der Waals surface area contributed by atoms with Crippen LogP contribution < -0.4 is 4.90 Å². The van der Waals surface area contributed by atoms with E-state index in [-0.39, 0.29) is 0 Å². The number of anilines is 3. The number of benzene rings is 5. The maximum absolute atomic E-state index is 4.41. The summed E-state index contributed by atoms with van der Waals surface area (Å²) in [6, 6.07) is 47.2. The molecule has 2 heteroatoms. The SMILES string of the molecule is SCc1ccc(N(c2ccc(-c3ccccc3)cc2)c2ccc(-c3ccccc3)cc2)cc1. The van der Waals surface area contributed by atoms with E-state index in [0.29, 0.717) is 0 Å². The second kappa shape index (κ2) is 9.81. The first-order valence-corrected chi connectivity index (χ1v) is 11.8. The third-order valence-electron chi connectivity index (χ3n) is 5.84. The van der Waals surface area contributed by atoms with Crippen molar-refractivity contribution in [3.05, 3.63) is 139 Å². The Morgan fingerprint density at radius 3 is 1.09 bits per heavy atom. The molecule has 0 atom stereocenters. The molecule has 0 radical (unpaired) electrons. The fourth-order valence-corrected chi connectivity index (χ4v) is 4.28. The van der Waals surface area contributed by atoms with Gasteiger partial charge in [0.1, 0.15) is 0 Å². The Hall–Kier alpha value is -3.75. The van der Waals surface area contributed by atoms with Gasteiger partial charge >= 0.3 is 0 Å². The van der Waals surface area contributed by atoms with Gasteiger partial charge in [-0.05, 0) is 64.2 Å². The molecule has 33 heavy (non-hydrogen) atoms. The lowest BCUT2D eigenvalue weighted by atomic mass is 10.0. The summed E-state index contributed by atoms with van der Waals surface area (Å²) in [7, 11) is 0. The predicted molar refractivity (Wildman–Crippen MR) is 145 cm³/mol. The Morgan fingerprint density at radius 2 is 0.727 bits per heavy atom. The van der Waals surface area contributed by atoms with E-state index in [0.717, 1.165) is 22.8 Å². The summed E-state index contributed by atoms with van der Waals surface area (Å²) in [5.74, 6) is 0.734. The second-order valence-corrected chi connectivity index (χ2v) is 8.30. The number of rotatable bonds is 6. The zero-order chi connectivity index (χ0) is 22.5. The molecule has 1 nitrogen and oxygen atoms in total. The van der Waals surface area contributed by atoms with E-state index in [2.05, 4.69) is 139 Å². The maximum atomic E-state index is 4.41. The van der Waals surface area contributed by atoms with Crippen LogP contribution in [0.15, 0.2) is 133 Å². The van der Waals surface area contributed by atoms with Crippen molar-refractivity contribution in [1.82, 2.24) is 0 Å². The lowest BCUT2D eigenvalue weighted by molar-refractivity contribution is 1.27. The molecule has 0 spiro atoms.